The van der Waals surface area contributed by atoms with Crippen molar-refractivity contribution in [2.75, 3.05) is 11.5 Å². The summed E-state index contributed by atoms with van der Waals surface area (Å²) in [5.74, 6) is -2.17. The number of anilines is 1. The minimum absolute atomic E-state index is 0.0460. The van der Waals surface area contributed by atoms with Crippen LogP contribution in [0.5, 0.6) is 0 Å². The molecule has 7 nitrogen and oxygen atoms in total. The number of hydrogen-bond acceptors (Lipinski definition) is 6. The molecule has 0 saturated carbocycles. The fourth-order valence-electron chi connectivity index (χ4n) is 6.66. The van der Waals surface area contributed by atoms with Crippen molar-refractivity contribution in [3.63, 3.8) is 0 Å². The smallest absolute Gasteiger partial charge is 0.417 e. The van der Waals surface area contributed by atoms with E-state index in [4.69, 9.17) is 13.6 Å². The quantitative estimate of drug-likeness (QED) is 0.221. The summed E-state index contributed by atoms with van der Waals surface area (Å²) in [4.78, 5) is 29.7. The van der Waals surface area contributed by atoms with Crippen molar-refractivity contribution in [3.05, 3.63) is 29.3 Å². The second-order valence-electron chi connectivity index (χ2n) is 16.2. The monoisotopic (exact) mass is 652 g/mol. The van der Waals surface area contributed by atoms with Gasteiger partial charge in [0.05, 0.1) is 45.9 Å². The predicted molar refractivity (Wildman–Crippen MR) is 167 cm³/mol. The highest BCUT2D eigenvalue weighted by molar-refractivity contribution is 6.74. The summed E-state index contributed by atoms with van der Waals surface area (Å²) in [5.41, 5.74) is -5.71. The van der Waals surface area contributed by atoms with Crippen molar-refractivity contribution in [1.82, 2.24) is 0 Å². The molecule has 0 spiro atoms. The molecular formula is C32H47F3N2O5Si2. The molecule has 0 aliphatic carbocycles. The van der Waals surface area contributed by atoms with E-state index >= 15 is 0 Å². The molecule has 0 radical (unpaired) electrons. The van der Waals surface area contributed by atoms with Crippen molar-refractivity contribution in [3.8, 4) is 6.07 Å². The Hall–Kier alpha value is -2.05. The van der Waals surface area contributed by atoms with Crippen molar-refractivity contribution in [2.24, 2.45) is 11.3 Å². The molecule has 1 aromatic carbocycles. The molecular weight excluding hydrogens is 606 g/mol. The van der Waals surface area contributed by atoms with Gasteiger partial charge in [-0.05, 0) is 74.7 Å². The van der Waals surface area contributed by atoms with E-state index in [2.05, 4.69) is 67.7 Å². The fraction of sp³-hybridized carbons (Fsp3) is 0.719. The normalized spacial score (nSPS) is 31.1. The molecule has 3 heterocycles. The first-order chi connectivity index (χ1) is 19.7. The van der Waals surface area contributed by atoms with Gasteiger partial charge in [0.1, 0.15) is 5.60 Å². The molecule has 44 heavy (non-hydrogen) atoms. The Morgan fingerprint density at radius 2 is 1.59 bits per heavy atom. The predicted octanol–water partition coefficient (Wildman–Crippen LogP) is 7.81. The highest BCUT2D eigenvalue weighted by atomic mass is 28.4. The highest BCUT2D eigenvalue weighted by Crippen LogP contribution is 2.69. The minimum Gasteiger partial charge on any atom is -0.417 e. The summed E-state index contributed by atoms with van der Waals surface area (Å²) in [6.45, 7) is 25.1. The van der Waals surface area contributed by atoms with Gasteiger partial charge in [-0.15, -0.1) is 0 Å². The van der Waals surface area contributed by atoms with Crippen LogP contribution in [0.3, 0.4) is 0 Å². The van der Waals surface area contributed by atoms with Crippen LogP contribution >= 0.6 is 0 Å². The van der Waals surface area contributed by atoms with Crippen LogP contribution in [0.25, 0.3) is 0 Å². The molecule has 3 fully saturated rings. The van der Waals surface area contributed by atoms with E-state index in [0.29, 0.717) is 19.4 Å². The molecule has 4 rings (SSSR count). The molecule has 0 aromatic heterocycles. The lowest BCUT2D eigenvalue weighted by Gasteiger charge is -2.48. The maximum atomic E-state index is 14.5. The molecule has 3 saturated heterocycles. The van der Waals surface area contributed by atoms with Crippen LogP contribution in [0.1, 0.15) is 79.4 Å². The van der Waals surface area contributed by atoms with Crippen molar-refractivity contribution < 1.29 is 36.3 Å². The van der Waals surface area contributed by atoms with Crippen molar-refractivity contribution in [1.29, 1.82) is 5.26 Å². The molecule has 2 bridgehead atoms. The summed E-state index contributed by atoms with van der Waals surface area (Å²) in [5, 5.41) is 9.11. The number of nitrogens with zero attached hydrogens (tertiary/aromatic N) is 2. The number of halogens is 3. The lowest BCUT2D eigenvalue weighted by Crippen LogP contribution is -2.61. The number of ether oxygens (including phenoxy) is 1. The van der Waals surface area contributed by atoms with Crippen LogP contribution in [0.4, 0.5) is 18.9 Å². The van der Waals surface area contributed by atoms with Crippen LogP contribution in [-0.4, -0.2) is 52.4 Å². The first-order valence-corrected chi connectivity index (χ1v) is 21.0. The highest BCUT2D eigenvalue weighted by Gasteiger charge is 2.83. The number of alkyl halides is 3. The second-order valence-corrected chi connectivity index (χ2v) is 25.7. The number of fused-ring (bicyclic) bond motifs is 5. The third-order valence-electron chi connectivity index (χ3n) is 11.5. The molecule has 2 amide bonds. The van der Waals surface area contributed by atoms with Crippen LogP contribution < -0.4 is 4.90 Å². The molecule has 0 N–H and O–H groups in total. The number of imide groups is 1. The number of benzene rings is 1. The SMILES string of the molecule is CC(C)(C)[Si](C)(C)OCC[C@@]12C[C@@H](O[Si](C)(C)C(C)(C)C)[C@@](C)(O1)[C@@]1(C)C(=O)N(c3ccc(C#N)c(C(F)(F)F)c3)C(=O)[C@@H]21. The molecule has 244 valence electrons. The van der Waals surface area contributed by atoms with E-state index in [1.54, 1.807) is 13.0 Å². The molecule has 1 aromatic rings. The van der Waals surface area contributed by atoms with Crippen LogP contribution in [0.15, 0.2) is 18.2 Å². The van der Waals surface area contributed by atoms with Gasteiger partial charge in [-0.1, -0.05) is 41.5 Å². The third-order valence-corrected chi connectivity index (χ3v) is 20.6. The molecule has 5 atom stereocenters. The van der Waals surface area contributed by atoms with E-state index in [9.17, 15) is 28.0 Å². The van der Waals surface area contributed by atoms with Crippen molar-refractivity contribution in [2.45, 2.75) is 128 Å². The lowest BCUT2D eigenvalue weighted by molar-refractivity contribution is -0.144. The average molecular weight is 653 g/mol. The van der Waals surface area contributed by atoms with E-state index in [1.807, 2.05) is 6.92 Å². The Balaban J connectivity index is 1.82. The summed E-state index contributed by atoms with van der Waals surface area (Å²) < 4.78 is 62.0. The molecule has 3 aliphatic heterocycles. The Labute approximate surface area is 261 Å². The maximum absolute atomic E-state index is 14.5. The van der Waals surface area contributed by atoms with E-state index in [1.165, 1.54) is 6.07 Å². The first kappa shape index (κ1) is 34.8. The summed E-state index contributed by atoms with van der Waals surface area (Å²) in [7, 11) is -4.54. The Kier molecular flexibility index (Phi) is 8.09. The van der Waals surface area contributed by atoms with E-state index < -0.39 is 74.4 Å². The van der Waals surface area contributed by atoms with Gasteiger partial charge in [0.25, 0.3) is 0 Å². The van der Waals surface area contributed by atoms with Gasteiger partial charge < -0.3 is 13.6 Å². The number of carbonyl (C=O) groups is 2. The second kappa shape index (κ2) is 10.2. The number of nitriles is 1. The van der Waals surface area contributed by atoms with Gasteiger partial charge in [0.2, 0.25) is 11.8 Å². The average Bonchev–Trinajstić information content (AvgIpc) is 3.33. The zero-order valence-electron chi connectivity index (χ0n) is 28.1. The van der Waals surface area contributed by atoms with E-state index in [0.717, 1.165) is 17.0 Å². The van der Waals surface area contributed by atoms with Gasteiger partial charge in [-0.25, -0.2) is 4.90 Å². The van der Waals surface area contributed by atoms with Gasteiger partial charge >= 0.3 is 6.18 Å². The van der Waals surface area contributed by atoms with Crippen molar-refractivity contribution >= 4 is 34.1 Å². The van der Waals surface area contributed by atoms with Gasteiger partial charge in [-0.3, -0.25) is 9.59 Å². The summed E-state index contributed by atoms with van der Waals surface area (Å²) in [6.07, 6.45) is -4.65. The maximum Gasteiger partial charge on any atom is 0.417 e. The largest absolute Gasteiger partial charge is 0.417 e. The Bertz CT molecular complexity index is 1410. The molecule has 12 heteroatoms. The first-order valence-electron chi connectivity index (χ1n) is 15.2. The van der Waals surface area contributed by atoms with E-state index in [-0.39, 0.29) is 15.8 Å². The van der Waals surface area contributed by atoms with Gasteiger partial charge in [0, 0.05) is 13.0 Å². The standard InChI is InChI=1S/C32H47F3N2O5Si2/c1-27(2,3)43(9,10)40-16-15-31-18-23(41-44(11,12)28(4,5)6)30(8,42-31)29(7)24(31)25(38)37(26(29)39)21-14-13-20(19-36)22(17-21)32(33,34)35/h13-14,17,23-24H,15-16,18H2,1-12H3/t23-,24-,29-,30-,31+/m1/s1. The van der Waals surface area contributed by atoms with Crippen LogP contribution in [0.2, 0.25) is 36.3 Å². The number of rotatable bonds is 7. The fourth-order valence-corrected chi connectivity index (χ4v) is 9.08. The van der Waals surface area contributed by atoms with Gasteiger partial charge in [-0.2, -0.15) is 18.4 Å². The number of carbonyl (C=O) groups excluding carboxylic acids is 2. The summed E-state index contributed by atoms with van der Waals surface area (Å²) in [6, 6.07) is 4.52. The zero-order chi connectivity index (χ0) is 33.7. The van der Waals surface area contributed by atoms with Crippen LogP contribution in [0, 0.1) is 22.7 Å². The third kappa shape index (κ3) is 5.01. The molecule has 0 unspecified atom stereocenters. The zero-order valence-corrected chi connectivity index (χ0v) is 30.1. The number of amides is 2. The summed E-state index contributed by atoms with van der Waals surface area (Å²) >= 11 is 0. The topological polar surface area (TPSA) is 88.9 Å². The van der Waals surface area contributed by atoms with Crippen LogP contribution in [-0.2, 0) is 29.4 Å². The van der Waals surface area contributed by atoms with Gasteiger partial charge in [0.15, 0.2) is 16.6 Å². The number of hydrogen-bond donors (Lipinski definition) is 0. The minimum atomic E-state index is -4.84. The Morgan fingerprint density at radius 1 is 1.02 bits per heavy atom. The molecule has 3 aliphatic rings. The lowest BCUT2D eigenvalue weighted by atomic mass is 9.57. The Morgan fingerprint density at radius 3 is 2.09 bits per heavy atom.